The van der Waals surface area contributed by atoms with Gasteiger partial charge in [-0.1, -0.05) is 24.3 Å². The number of anilines is 1. The number of sulfonamides is 1. The third-order valence-electron chi connectivity index (χ3n) is 3.81. The molecule has 2 N–H and O–H groups in total. The predicted octanol–water partition coefficient (Wildman–Crippen LogP) is 4.21. The van der Waals surface area contributed by atoms with Gasteiger partial charge in [-0.15, -0.1) is 0 Å². The minimum absolute atomic E-state index is 0.174. The first-order valence-electron chi connectivity index (χ1n) is 8.59. The highest BCUT2D eigenvalue weighted by Crippen LogP contribution is 2.17. The fourth-order valence-electron chi connectivity index (χ4n) is 2.44. The molecule has 0 fully saturated rings. The molecule has 0 atom stereocenters. The van der Waals surface area contributed by atoms with Gasteiger partial charge in [-0.25, -0.2) is 8.42 Å². The molecule has 5 nitrogen and oxygen atoms in total. The van der Waals surface area contributed by atoms with Crippen molar-refractivity contribution in [2.45, 2.75) is 10.6 Å². The van der Waals surface area contributed by atoms with Crippen LogP contribution in [0.5, 0.6) is 0 Å². The maximum Gasteiger partial charge on any atom is 0.261 e. The van der Waals surface area contributed by atoms with Gasteiger partial charge in [0.25, 0.3) is 15.9 Å². The zero-order chi connectivity index (χ0) is 19.8. The summed E-state index contributed by atoms with van der Waals surface area (Å²) in [6, 6.07) is 16.7. The van der Waals surface area contributed by atoms with E-state index in [9.17, 15) is 13.2 Å². The zero-order valence-corrected chi connectivity index (χ0v) is 17.4. The van der Waals surface area contributed by atoms with Crippen molar-refractivity contribution < 1.29 is 13.2 Å². The van der Waals surface area contributed by atoms with Crippen LogP contribution in [-0.4, -0.2) is 26.6 Å². The molecule has 2 aromatic carbocycles. The van der Waals surface area contributed by atoms with E-state index in [1.54, 1.807) is 59.5 Å². The van der Waals surface area contributed by atoms with Crippen molar-refractivity contribution in [2.24, 2.45) is 0 Å². The summed E-state index contributed by atoms with van der Waals surface area (Å²) in [5.41, 5.74) is 2.05. The Balaban J connectivity index is 1.53. The topological polar surface area (TPSA) is 75.3 Å². The summed E-state index contributed by atoms with van der Waals surface area (Å²) in [7, 11) is -3.69. The van der Waals surface area contributed by atoms with Gasteiger partial charge in [0, 0.05) is 29.3 Å². The molecule has 1 heterocycles. The Hall–Kier alpha value is -2.29. The zero-order valence-electron chi connectivity index (χ0n) is 15.0. The molecule has 1 amide bonds. The van der Waals surface area contributed by atoms with Crippen molar-refractivity contribution in [2.75, 3.05) is 17.0 Å². The SMILES string of the molecule is O=C(NCCSCc1ccsc1)c1cccc(NS(=O)(=O)c2ccccc2)c1. The monoisotopic (exact) mass is 432 g/mol. The average molecular weight is 433 g/mol. The van der Waals surface area contributed by atoms with E-state index in [1.807, 2.05) is 0 Å². The number of thiophene rings is 1. The molecule has 8 heteroatoms. The lowest BCUT2D eigenvalue weighted by atomic mass is 10.2. The Morgan fingerprint density at radius 1 is 1.04 bits per heavy atom. The van der Waals surface area contributed by atoms with E-state index < -0.39 is 10.0 Å². The van der Waals surface area contributed by atoms with E-state index in [0.29, 0.717) is 17.8 Å². The van der Waals surface area contributed by atoms with Crippen LogP contribution in [0, 0.1) is 0 Å². The Labute approximate surface area is 173 Å². The second-order valence-corrected chi connectivity index (χ2v) is 9.51. The fourth-order valence-corrected chi connectivity index (χ4v) is 5.09. The van der Waals surface area contributed by atoms with Crippen molar-refractivity contribution in [3.8, 4) is 0 Å². The summed E-state index contributed by atoms with van der Waals surface area (Å²) in [5, 5.41) is 7.04. The first-order valence-corrected chi connectivity index (χ1v) is 12.2. The van der Waals surface area contributed by atoms with Crippen molar-refractivity contribution in [3.63, 3.8) is 0 Å². The number of amides is 1. The Kier molecular flexibility index (Phi) is 7.13. The van der Waals surface area contributed by atoms with Crippen LogP contribution in [0.3, 0.4) is 0 Å². The Bertz CT molecular complexity index is 1000. The van der Waals surface area contributed by atoms with Crippen LogP contribution in [0.4, 0.5) is 5.69 Å². The second-order valence-electron chi connectivity index (χ2n) is 5.94. The van der Waals surface area contributed by atoms with Gasteiger partial charge in [0.2, 0.25) is 0 Å². The lowest BCUT2D eigenvalue weighted by Gasteiger charge is -2.10. The van der Waals surface area contributed by atoms with Crippen LogP contribution in [0.25, 0.3) is 0 Å². The van der Waals surface area contributed by atoms with Gasteiger partial charge >= 0.3 is 0 Å². The van der Waals surface area contributed by atoms with Gasteiger partial charge in [0.05, 0.1) is 4.90 Å². The predicted molar refractivity (Wildman–Crippen MR) is 117 cm³/mol. The molecule has 1 aromatic heterocycles. The van der Waals surface area contributed by atoms with E-state index in [0.717, 1.165) is 11.5 Å². The smallest absolute Gasteiger partial charge is 0.261 e. The number of thioether (sulfide) groups is 1. The van der Waals surface area contributed by atoms with Gasteiger partial charge in [-0.2, -0.15) is 23.1 Å². The molecule has 28 heavy (non-hydrogen) atoms. The highest BCUT2D eigenvalue weighted by Gasteiger charge is 2.14. The molecule has 3 aromatic rings. The molecule has 146 valence electrons. The first-order chi connectivity index (χ1) is 13.5. The van der Waals surface area contributed by atoms with Crippen LogP contribution in [0.2, 0.25) is 0 Å². The van der Waals surface area contributed by atoms with Crippen molar-refractivity contribution >= 4 is 44.7 Å². The lowest BCUT2D eigenvalue weighted by molar-refractivity contribution is 0.0956. The number of hydrogen-bond acceptors (Lipinski definition) is 5. The molecule has 0 bridgehead atoms. The van der Waals surface area contributed by atoms with Crippen LogP contribution in [0.15, 0.2) is 76.3 Å². The summed E-state index contributed by atoms with van der Waals surface area (Å²) in [5.74, 6) is 1.51. The molecule has 0 spiro atoms. The van der Waals surface area contributed by atoms with Crippen LogP contribution in [-0.2, 0) is 15.8 Å². The molecule has 0 aliphatic carbocycles. The largest absolute Gasteiger partial charge is 0.351 e. The third kappa shape index (κ3) is 5.85. The highest BCUT2D eigenvalue weighted by atomic mass is 32.2. The van der Waals surface area contributed by atoms with E-state index in [-0.39, 0.29) is 10.8 Å². The van der Waals surface area contributed by atoms with E-state index in [1.165, 1.54) is 23.8 Å². The molecule has 0 unspecified atom stereocenters. The number of benzene rings is 2. The van der Waals surface area contributed by atoms with E-state index in [2.05, 4.69) is 26.9 Å². The number of nitrogens with one attached hydrogen (secondary N) is 2. The number of rotatable bonds is 9. The van der Waals surface area contributed by atoms with Crippen LogP contribution >= 0.6 is 23.1 Å². The van der Waals surface area contributed by atoms with Crippen LogP contribution < -0.4 is 10.0 Å². The second kappa shape index (κ2) is 9.77. The highest BCUT2D eigenvalue weighted by molar-refractivity contribution is 7.98. The number of carbonyl (C=O) groups is 1. The van der Waals surface area contributed by atoms with E-state index >= 15 is 0 Å². The number of carbonyl (C=O) groups excluding carboxylic acids is 1. The molecule has 0 aliphatic rings. The summed E-state index contributed by atoms with van der Waals surface area (Å²) in [6.45, 7) is 0.549. The van der Waals surface area contributed by atoms with Gasteiger partial charge in [-0.3, -0.25) is 9.52 Å². The molecular weight excluding hydrogens is 412 g/mol. The molecule has 0 saturated carbocycles. The maximum atomic E-state index is 12.4. The number of hydrogen-bond donors (Lipinski definition) is 2. The van der Waals surface area contributed by atoms with Crippen LogP contribution in [0.1, 0.15) is 15.9 Å². The normalized spacial score (nSPS) is 11.1. The van der Waals surface area contributed by atoms with Crippen molar-refractivity contribution in [1.82, 2.24) is 5.32 Å². The Morgan fingerprint density at radius 2 is 1.86 bits per heavy atom. The summed E-state index contributed by atoms with van der Waals surface area (Å²) in [6.07, 6.45) is 0. The van der Waals surface area contributed by atoms with Gasteiger partial charge in [0.1, 0.15) is 0 Å². The van der Waals surface area contributed by atoms with Gasteiger partial charge < -0.3 is 5.32 Å². The lowest BCUT2D eigenvalue weighted by Crippen LogP contribution is -2.25. The molecular formula is C20H20N2O3S3. The molecule has 0 radical (unpaired) electrons. The fraction of sp³-hybridized carbons (Fsp3) is 0.150. The third-order valence-corrected chi connectivity index (χ3v) is 6.97. The molecule has 0 saturated heterocycles. The minimum atomic E-state index is -3.69. The first kappa shape index (κ1) is 20.4. The van der Waals surface area contributed by atoms with E-state index in [4.69, 9.17) is 0 Å². The van der Waals surface area contributed by atoms with Crippen molar-refractivity contribution in [3.05, 3.63) is 82.6 Å². The summed E-state index contributed by atoms with van der Waals surface area (Å²) in [4.78, 5) is 12.5. The minimum Gasteiger partial charge on any atom is -0.351 e. The average Bonchev–Trinajstić information content (AvgIpc) is 3.22. The molecule has 0 aliphatic heterocycles. The molecule has 3 rings (SSSR count). The Morgan fingerprint density at radius 3 is 2.61 bits per heavy atom. The quantitative estimate of drug-likeness (QED) is 0.497. The summed E-state index contributed by atoms with van der Waals surface area (Å²) >= 11 is 3.43. The van der Waals surface area contributed by atoms with Crippen molar-refractivity contribution in [1.29, 1.82) is 0 Å². The van der Waals surface area contributed by atoms with Gasteiger partial charge in [0.15, 0.2) is 0 Å². The van der Waals surface area contributed by atoms with Gasteiger partial charge in [-0.05, 0) is 52.7 Å². The summed E-state index contributed by atoms with van der Waals surface area (Å²) < 4.78 is 27.3. The maximum absolute atomic E-state index is 12.4. The standard InChI is InChI=1S/C20H20N2O3S3/c23-20(21-10-12-27-15-16-9-11-26-14-16)17-5-4-6-18(13-17)22-28(24,25)19-7-2-1-3-8-19/h1-9,11,13-14,22H,10,12,15H2,(H,21,23).